The quantitative estimate of drug-likeness (QED) is 0.636. The van der Waals surface area contributed by atoms with E-state index in [4.69, 9.17) is 9.47 Å². The van der Waals surface area contributed by atoms with Gasteiger partial charge in [-0.3, -0.25) is 0 Å². The van der Waals surface area contributed by atoms with Crippen LogP contribution >= 0.6 is 0 Å². The van der Waals surface area contributed by atoms with Gasteiger partial charge in [0.05, 0.1) is 19.3 Å². The van der Waals surface area contributed by atoms with Crippen molar-refractivity contribution in [3.63, 3.8) is 0 Å². The maximum Gasteiger partial charge on any atom is 0.429 e. The standard InChI is InChI=1S/C19H22F2N2O4/c1-3-26-17(24)22-23(18(25)27-4-2)16-15(5-6-19(16)7-8-19)12-9-13(20)11-14(21)10-12/h5-6,9-11,15-16H,3-4,7-8H2,1-2H3,(H,22,24)/t15-,16-/m1/s1. The van der Waals surface area contributed by atoms with Crippen LogP contribution in [0, 0.1) is 17.0 Å². The summed E-state index contributed by atoms with van der Waals surface area (Å²) in [7, 11) is 0. The second kappa shape index (κ2) is 7.54. The maximum atomic E-state index is 13.7. The number of nitrogens with one attached hydrogen (secondary N) is 1. The molecule has 0 radical (unpaired) electrons. The topological polar surface area (TPSA) is 67.9 Å². The Kier molecular flexibility index (Phi) is 5.34. The molecule has 1 fully saturated rings. The fourth-order valence-corrected chi connectivity index (χ4v) is 3.63. The van der Waals surface area contributed by atoms with Crippen LogP contribution < -0.4 is 5.43 Å². The van der Waals surface area contributed by atoms with Crippen molar-refractivity contribution in [2.75, 3.05) is 13.2 Å². The smallest absolute Gasteiger partial charge is 0.429 e. The van der Waals surface area contributed by atoms with Gasteiger partial charge in [-0.05, 0) is 44.4 Å². The molecule has 1 spiro atoms. The summed E-state index contributed by atoms with van der Waals surface area (Å²) < 4.78 is 37.5. The van der Waals surface area contributed by atoms with Crippen LogP contribution in [0.25, 0.3) is 0 Å². The highest BCUT2D eigenvalue weighted by molar-refractivity contribution is 5.75. The number of rotatable bonds is 4. The van der Waals surface area contributed by atoms with Crippen LogP contribution in [-0.4, -0.2) is 36.5 Å². The summed E-state index contributed by atoms with van der Waals surface area (Å²) in [5.74, 6) is -1.89. The van der Waals surface area contributed by atoms with Crippen LogP contribution in [0.1, 0.15) is 38.2 Å². The van der Waals surface area contributed by atoms with E-state index in [9.17, 15) is 18.4 Å². The van der Waals surface area contributed by atoms with Crippen molar-refractivity contribution in [3.8, 4) is 0 Å². The van der Waals surface area contributed by atoms with Gasteiger partial charge in [-0.2, -0.15) is 0 Å². The molecule has 2 aliphatic rings. The van der Waals surface area contributed by atoms with Crippen LogP contribution in [0.15, 0.2) is 30.4 Å². The van der Waals surface area contributed by atoms with Gasteiger partial charge in [-0.15, -0.1) is 0 Å². The highest BCUT2D eigenvalue weighted by atomic mass is 19.1. The van der Waals surface area contributed by atoms with E-state index in [1.165, 1.54) is 12.1 Å². The minimum Gasteiger partial charge on any atom is -0.449 e. The summed E-state index contributed by atoms with van der Waals surface area (Å²) in [6.07, 6.45) is 3.82. The van der Waals surface area contributed by atoms with Gasteiger partial charge in [0.2, 0.25) is 0 Å². The molecule has 2 atom stereocenters. The van der Waals surface area contributed by atoms with E-state index >= 15 is 0 Å². The van der Waals surface area contributed by atoms with Gasteiger partial charge < -0.3 is 9.47 Å². The summed E-state index contributed by atoms with van der Waals surface area (Å²) in [5, 5.41) is 1.10. The van der Waals surface area contributed by atoms with Crippen molar-refractivity contribution >= 4 is 12.2 Å². The number of benzene rings is 1. The zero-order valence-electron chi connectivity index (χ0n) is 15.2. The minimum atomic E-state index is -0.794. The molecule has 27 heavy (non-hydrogen) atoms. The average molecular weight is 380 g/mol. The van der Waals surface area contributed by atoms with E-state index in [1.54, 1.807) is 13.8 Å². The van der Waals surface area contributed by atoms with Gasteiger partial charge in [0.1, 0.15) is 11.6 Å². The molecule has 1 aromatic carbocycles. The van der Waals surface area contributed by atoms with Crippen LogP contribution in [0.5, 0.6) is 0 Å². The SMILES string of the molecule is CCOC(=O)NN(C(=O)OCC)[C@@H]1[C@@H](c2cc(F)cc(F)c2)C=CC12CC2. The van der Waals surface area contributed by atoms with Crippen LogP contribution in [0.3, 0.4) is 0 Å². The second-order valence-electron chi connectivity index (χ2n) is 6.67. The molecular weight excluding hydrogens is 358 g/mol. The van der Waals surface area contributed by atoms with Gasteiger partial charge in [-0.1, -0.05) is 12.2 Å². The zero-order valence-corrected chi connectivity index (χ0v) is 15.2. The predicted octanol–water partition coefficient (Wildman–Crippen LogP) is 3.89. The number of hydrogen-bond acceptors (Lipinski definition) is 4. The third kappa shape index (κ3) is 3.89. The first kappa shape index (κ1) is 19.1. The molecule has 1 aromatic rings. The molecule has 1 saturated carbocycles. The lowest BCUT2D eigenvalue weighted by Gasteiger charge is -2.35. The molecule has 6 nitrogen and oxygen atoms in total. The Morgan fingerprint density at radius 2 is 1.78 bits per heavy atom. The lowest BCUT2D eigenvalue weighted by molar-refractivity contribution is 0.0415. The Balaban J connectivity index is 1.96. The number of carbonyl (C=O) groups excluding carboxylic acids is 2. The average Bonchev–Trinajstić information content (AvgIpc) is 3.26. The molecule has 0 aliphatic heterocycles. The number of hydrogen-bond donors (Lipinski definition) is 1. The molecule has 2 amide bonds. The van der Waals surface area contributed by atoms with Gasteiger partial charge in [0.25, 0.3) is 0 Å². The Morgan fingerprint density at radius 1 is 1.15 bits per heavy atom. The van der Waals surface area contributed by atoms with E-state index in [0.29, 0.717) is 5.56 Å². The monoisotopic (exact) mass is 380 g/mol. The molecule has 0 heterocycles. The number of hydrazine groups is 1. The molecule has 8 heteroatoms. The van der Waals surface area contributed by atoms with E-state index in [1.807, 2.05) is 12.2 Å². The minimum absolute atomic E-state index is 0.117. The highest BCUT2D eigenvalue weighted by Gasteiger charge is 2.57. The molecule has 0 aromatic heterocycles. The normalized spacial score (nSPS) is 21.8. The van der Waals surface area contributed by atoms with Gasteiger partial charge >= 0.3 is 12.2 Å². The number of amides is 2. The molecular formula is C19H22F2N2O4. The third-order valence-corrected chi connectivity index (χ3v) is 4.89. The largest absolute Gasteiger partial charge is 0.449 e. The van der Waals surface area contributed by atoms with E-state index < -0.39 is 35.8 Å². The number of carbonyl (C=O) groups is 2. The molecule has 0 saturated heterocycles. The Labute approximate surface area is 156 Å². The van der Waals surface area contributed by atoms with Crippen LogP contribution in [-0.2, 0) is 9.47 Å². The first-order valence-electron chi connectivity index (χ1n) is 8.95. The van der Waals surface area contributed by atoms with Gasteiger partial charge in [0.15, 0.2) is 0 Å². The van der Waals surface area contributed by atoms with Gasteiger partial charge in [0, 0.05) is 17.4 Å². The number of halogens is 2. The lowest BCUT2D eigenvalue weighted by atomic mass is 9.87. The van der Waals surface area contributed by atoms with E-state index in [-0.39, 0.29) is 18.6 Å². The van der Waals surface area contributed by atoms with E-state index in [2.05, 4.69) is 5.43 Å². The summed E-state index contributed by atoms with van der Waals surface area (Å²) >= 11 is 0. The Morgan fingerprint density at radius 3 is 2.33 bits per heavy atom. The Hall–Kier alpha value is -2.64. The lowest BCUT2D eigenvalue weighted by Crippen LogP contribution is -2.56. The van der Waals surface area contributed by atoms with Crippen molar-refractivity contribution in [2.24, 2.45) is 5.41 Å². The van der Waals surface area contributed by atoms with Crippen molar-refractivity contribution < 1.29 is 27.8 Å². The van der Waals surface area contributed by atoms with Gasteiger partial charge in [-0.25, -0.2) is 28.8 Å². The predicted molar refractivity (Wildman–Crippen MR) is 92.7 cm³/mol. The van der Waals surface area contributed by atoms with E-state index in [0.717, 1.165) is 23.9 Å². The maximum absolute atomic E-state index is 13.7. The third-order valence-electron chi connectivity index (χ3n) is 4.89. The fraction of sp³-hybridized carbons (Fsp3) is 0.474. The fourth-order valence-electron chi connectivity index (χ4n) is 3.63. The van der Waals surface area contributed by atoms with Crippen molar-refractivity contribution in [1.29, 1.82) is 0 Å². The first-order chi connectivity index (χ1) is 12.9. The van der Waals surface area contributed by atoms with Crippen molar-refractivity contribution in [2.45, 2.75) is 38.6 Å². The number of nitrogens with zero attached hydrogens (tertiary/aromatic N) is 1. The first-order valence-corrected chi connectivity index (χ1v) is 8.95. The Bertz CT molecular complexity index is 744. The zero-order chi connectivity index (χ0) is 19.6. The summed E-state index contributed by atoms with van der Waals surface area (Å²) in [6.45, 7) is 3.55. The van der Waals surface area contributed by atoms with Crippen molar-refractivity contribution in [1.82, 2.24) is 10.4 Å². The van der Waals surface area contributed by atoms with Crippen molar-refractivity contribution in [3.05, 3.63) is 47.5 Å². The summed E-state index contributed by atoms with van der Waals surface area (Å²) in [6, 6.07) is 2.70. The van der Waals surface area contributed by atoms with Crippen LogP contribution in [0.4, 0.5) is 18.4 Å². The molecule has 146 valence electrons. The summed E-state index contributed by atoms with van der Waals surface area (Å²) in [5.41, 5.74) is 2.46. The summed E-state index contributed by atoms with van der Waals surface area (Å²) in [4.78, 5) is 24.5. The number of ether oxygens (including phenoxy) is 2. The molecule has 2 aliphatic carbocycles. The second-order valence-corrected chi connectivity index (χ2v) is 6.67. The molecule has 0 bridgehead atoms. The molecule has 0 unspecified atom stereocenters. The molecule has 3 rings (SSSR count). The molecule has 1 N–H and O–H groups in total. The highest BCUT2D eigenvalue weighted by Crippen LogP contribution is 2.59. The van der Waals surface area contributed by atoms with Crippen LogP contribution in [0.2, 0.25) is 0 Å².